The zero-order valence-corrected chi connectivity index (χ0v) is 50.4. The van der Waals surface area contributed by atoms with E-state index < -0.39 is 6.10 Å². The average Bonchev–Trinajstić information content (AvgIpc) is 3.43. The van der Waals surface area contributed by atoms with Gasteiger partial charge in [0.05, 0.1) is 0 Å². The summed E-state index contributed by atoms with van der Waals surface area (Å²) in [5.74, 6) is -0.913. The van der Waals surface area contributed by atoms with E-state index in [0.717, 1.165) is 135 Å². The molecular weight excluding hydrogens is 949 g/mol. The van der Waals surface area contributed by atoms with E-state index in [1.807, 2.05) is 0 Å². The van der Waals surface area contributed by atoms with Gasteiger partial charge >= 0.3 is 17.9 Å². The third-order valence-electron chi connectivity index (χ3n) is 13.8. The van der Waals surface area contributed by atoms with Crippen LogP contribution >= 0.6 is 0 Å². The van der Waals surface area contributed by atoms with Crippen molar-refractivity contribution in [1.82, 2.24) is 0 Å². The van der Waals surface area contributed by atoms with Crippen LogP contribution in [0, 0.1) is 0 Å². The summed E-state index contributed by atoms with van der Waals surface area (Å²) in [6, 6.07) is 0. The molecule has 0 aliphatic carbocycles. The summed E-state index contributed by atoms with van der Waals surface area (Å²) < 4.78 is 16.9. The van der Waals surface area contributed by atoms with Crippen molar-refractivity contribution in [2.24, 2.45) is 0 Å². The lowest BCUT2D eigenvalue weighted by Gasteiger charge is -2.18. The zero-order valence-electron chi connectivity index (χ0n) is 50.4. The van der Waals surface area contributed by atoms with Crippen LogP contribution in [0.4, 0.5) is 0 Å². The second kappa shape index (κ2) is 64.6. The summed E-state index contributed by atoms with van der Waals surface area (Å²) in [5.41, 5.74) is 0. The van der Waals surface area contributed by atoms with Gasteiger partial charge in [-0.2, -0.15) is 0 Å². The van der Waals surface area contributed by atoms with Gasteiger partial charge in [0.1, 0.15) is 13.2 Å². The number of ether oxygens (including phenoxy) is 3. The van der Waals surface area contributed by atoms with E-state index in [9.17, 15) is 14.4 Å². The number of rotatable bonds is 58. The van der Waals surface area contributed by atoms with Gasteiger partial charge < -0.3 is 14.2 Å². The molecule has 77 heavy (non-hydrogen) atoms. The van der Waals surface area contributed by atoms with Crippen LogP contribution < -0.4 is 0 Å². The fraction of sp³-hybridized carbons (Fsp3) is 0.704. The standard InChI is InChI=1S/C71H120O6/c1-4-7-10-13-16-19-22-25-28-29-30-31-32-33-34-35-36-37-38-39-40-41-44-46-49-52-55-58-61-64-70(73)76-67-68(77-71(74)65-62-59-56-53-50-47-43-27-24-21-18-15-12-9-6-3)66-75-69(72)63-60-57-54-51-48-45-42-26-23-20-17-14-11-8-5-2/h7,10,16,19,25,27-28,30-31,33-34,36-37,39-40,43-44,46,68H,4-6,8-9,11-15,17-18,20-24,26,29,32,35,38,41-42,45,47-67H2,1-3H3/b10-7-,19-16-,28-25-,31-30-,34-33-,37-36-,40-39-,43-27-,46-44-. The first-order valence-electron chi connectivity index (χ1n) is 32.4. The Bertz CT molecular complexity index is 1560. The normalized spacial score (nSPS) is 12.8. The molecular formula is C71H120O6. The Balaban J connectivity index is 4.38. The predicted octanol–water partition coefficient (Wildman–Crippen LogP) is 22.2. The van der Waals surface area contributed by atoms with Crippen molar-refractivity contribution in [2.45, 2.75) is 309 Å². The average molecular weight is 1070 g/mol. The number of unbranched alkanes of at least 4 members (excludes halogenated alkanes) is 29. The highest BCUT2D eigenvalue weighted by Crippen LogP contribution is 2.16. The molecule has 1 unspecified atom stereocenters. The first kappa shape index (κ1) is 73.1. The van der Waals surface area contributed by atoms with Crippen molar-refractivity contribution in [3.05, 3.63) is 109 Å². The lowest BCUT2D eigenvalue weighted by atomic mass is 10.0. The summed E-state index contributed by atoms with van der Waals surface area (Å²) >= 11 is 0. The van der Waals surface area contributed by atoms with E-state index in [1.165, 1.54) is 128 Å². The third-order valence-corrected chi connectivity index (χ3v) is 13.8. The van der Waals surface area contributed by atoms with Crippen LogP contribution in [0.1, 0.15) is 303 Å². The third kappa shape index (κ3) is 62.8. The number of allylic oxidation sites excluding steroid dienone is 18. The van der Waals surface area contributed by atoms with Crippen molar-refractivity contribution in [2.75, 3.05) is 13.2 Å². The molecule has 1 atom stereocenters. The summed E-state index contributed by atoms with van der Waals surface area (Å²) in [6.07, 6.45) is 88.0. The van der Waals surface area contributed by atoms with Gasteiger partial charge in [0.15, 0.2) is 6.10 Å². The largest absolute Gasteiger partial charge is 0.462 e. The van der Waals surface area contributed by atoms with Crippen LogP contribution in [0.15, 0.2) is 109 Å². The molecule has 0 aliphatic heterocycles. The molecule has 0 rings (SSSR count). The molecule has 0 bridgehead atoms. The Hall–Kier alpha value is -3.93. The summed E-state index contributed by atoms with van der Waals surface area (Å²) in [4.78, 5) is 38.3. The second-order valence-corrected chi connectivity index (χ2v) is 21.3. The Morgan fingerprint density at radius 1 is 0.273 bits per heavy atom. The highest BCUT2D eigenvalue weighted by Gasteiger charge is 2.19. The fourth-order valence-corrected chi connectivity index (χ4v) is 8.92. The molecule has 0 saturated heterocycles. The number of esters is 3. The smallest absolute Gasteiger partial charge is 0.306 e. The highest BCUT2D eigenvalue weighted by atomic mass is 16.6. The van der Waals surface area contributed by atoms with Gasteiger partial charge in [-0.3, -0.25) is 14.4 Å². The van der Waals surface area contributed by atoms with E-state index in [-0.39, 0.29) is 31.1 Å². The van der Waals surface area contributed by atoms with Gasteiger partial charge in [0.25, 0.3) is 0 Å². The van der Waals surface area contributed by atoms with Crippen molar-refractivity contribution in [3.63, 3.8) is 0 Å². The predicted molar refractivity (Wildman–Crippen MR) is 334 cm³/mol. The minimum atomic E-state index is -0.794. The molecule has 0 aliphatic rings. The van der Waals surface area contributed by atoms with Gasteiger partial charge in [-0.1, -0.05) is 284 Å². The maximum absolute atomic E-state index is 12.9. The minimum Gasteiger partial charge on any atom is -0.462 e. The van der Waals surface area contributed by atoms with Gasteiger partial charge in [-0.25, -0.2) is 0 Å². The van der Waals surface area contributed by atoms with Gasteiger partial charge in [-0.15, -0.1) is 0 Å². The van der Waals surface area contributed by atoms with E-state index >= 15 is 0 Å². The lowest BCUT2D eigenvalue weighted by Crippen LogP contribution is -2.30. The topological polar surface area (TPSA) is 78.9 Å². The van der Waals surface area contributed by atoms with Crippen LogP contribution in [0.25, 0.3) is 0 Å². The van der Waals surface area contributed by atoms with Crippen LogP contribution in [0.3, 0.4) is 0 Å². The zero-order chi connectivity index (χ0) is 55.7. The van der Waals surface area contributed by atoms with E-state index in [1.54, 1.807) is 0 Å². The quantitative estimate of drug-likeness (QED) is 0.0261. The van der Waals surface area contributed by atoms with Crippen molar-refractivity contribution >= 4 is 17.9 Å². The number of hydrogen-bond donors (Lipinski definition) is 0. The molecule has 0 saturated carbocycles. The monoisotopic (exact) mass is 1070 g/mol. The molecule has 6 nitrogen and oxygen atoms in total. The number of hydrogen-bond acceptors (Lipinski definition) is 6. The number of carbonyl (C=O) groups excluding carboxylic acids is 3. The summed E-state index contributed by atoms with van der Waals surface area (Å²) in [5, 5.41) is 0. The molecule has 0 spiro atoms. The van der Waals surface area contributed by atoms with E-state index in [4.69, 9.17) is 14.2 Å². The Morgan fingerprint density at radius 2 is 0.506 bits per heavy atom. The lowest BCUT2D eigenvalue weighted by molar-refractivity contribution is -0.167. The molecule has 0 aromatic carbocycles. The fourth-order valence-electron chi connectivity index (χ4n) is 8.92. The first-order chi connectivity index (χ1) is 38.0. The minimum absolute atomic E-state index is 0.0875. The highest BCUT2D eigenvalue weighted by molar-refractivity contribution is 5.71. The maximum atomic E-state index is 12.9. The summed E-state index contributed by atoms with van der Waals surface area (Å²) in [7, 11) is 0. The molecule has 440 valence electrons. The molecule has 0 amide bonds. The van der Waals surface area contributed by atoms with Crippen molar-refractivity contribution < 1.29 is 28.6 Å². The molecule has 0 aromatic rings. The molecule has 0 N–H and O–H groups in total. The van der Waals surface area contributed by atoms with Gasteiger partial charge in [-0.05, 0) is 109 Å². The van der Waals surface area contributed by atoms with Gasteiger partial charge in [0, 0.05) is 19.3 Å². The first-order valence-corrected chi connectivity index (χ1v) is 32.4. The Morgan fingerprint density at radius 3 is 0.805 bits per heavy atom. The SMILES string of the molecule is CC/C=C\C/C=C\C/C=C\C/C=C\C/C=C\C/C=C\C/C=C\C/C=C\CCCCCCC(=O)OCC(COC(=O)CCCCCCCCCCCCCCCCC)OC(=O)CCCCCCC/C=C\CCCCCCCC. The van der Waals surface area contributed by atoms with Gasteiger partial charge in [0.2, 0.25) is 0 Å². The molecule has 0 aromatic heterocycles. The Labute approximate surface area is 476 Å². The summed E-state index contributed by atoms with van der Waals surface area (Å²) in [6.45, 7) is 6.52. The van der Waals surface area contributed by atoms with E-state index in [2.05, 4.69) is 130 Å². The van der Waals surface area contributed by atoms with Crippen molar-refractivity contribution in [3.8, 4) is 0 Å². The molecule has 0 heterocycles. The number of carbonyl (C=O) groups is 3. The maximum Gasteiger partial charge on any atom is 0.306 e. The van der Waals surface area contributed by atoms with Crippen LogP contribution in [0.2, 0.25) is 0 Å². The molecule has 6 heteroatoms. The Kier molecular flexibility index (Phi) is 61.3. The van der Waals surface area contributed by atoms with Crippen LogP contribution in [-0.4, -0.2) is 37.2 Å². The molecule has 0 radical (unpaired) electrons. The second-order valence-electron chi connectivity index (χ2n) is 21.3. The van der Waals surface area contributed by atoms with Crippen LogP contribution in [0.5, 0.6) is 0 Å². The molecule has 0 fully saturated rings. The van der Waals surface area contributed by atoms with Crippen LogP contribution in [-0.2, 0) is 28.6 Å². The van der Waals surface area contributed by atoms with E-state index in [0.29, 0.717) is 19.3 Å². The van der Waals surface area contributed by atoms with Crippen molar-refractivity contribution in [1.29, 1.82) is 0 Å².